The molecule has 4 nitrogen and oxygen atoms in total. The zero-order valence-corrected chi connectivity index (χ0v) is 14.3. The van der Waals surface area contributed by atoms with Gasteiger partial charge in [0.25, 0.3) is 0 Å². The van der Waals surface area contributed by atoms with Gasteiger partial charge in [0.05, 0.1) is 16.3 Å². The molecule has 0 aliphatic carbocycles. The van der Waals surface area contributed by atoms with Gasteiger partial charge in [-0.05, 0) is 45.1 Å². The van der Waals surface area contributed by atoms with Crippen LogP contribution in [-0.2, 0) is 0 Å². The molecule has 0 bridgehead atoms. The second-order valence-corrected chi connectivity index (χ2v) is 6.22. The van der Waals surface area contributed by atoms with Crippen LogP contribution in [0, 0.1) is 0 Å². The molecule has 1 aromatic rings. The Hall–Kier alpha value is -1.39. The number of rotatable bonds is 4. The first-order valence-corrected chi connectivity index (χ1v) is 8.17. The van der Waals surface area contributed by atoms with Crippen LogP contribution in [0.3, 0.4) is 0 Å². The largest absolute Gasteiger partial charge is 0.360 e. The highest BCUT2D eigenvalue weighted by atomic mass is 35.5. The zero-order valence-electron chi connectivity index (χ0n) is 13.6. The Bertz CT molecular complexity index is 551. The van der Waals surface area contributed by atoms with Gasteiger partial charge in [-0.25, -0.2) is 4.99 Å². The third-order valence-corrected chi connectivity index (χ3v) is 4.69. The molecule has 1 aliphatic rings. The fourth-order valence-corrected chi connectivity index (χ4v) is 3.09. The van der Waals surface area contributed by atoms with Crippen LogP contribution < -0.4 is 0 Å². The number of aldehydes is 1. The van der Waals surface area contributed by atoms with Crippen LogP contribution in [0.1, 0.15) is 36.5 Å². The average molecular weight is 322 g/mol. The summed E-state index contributed by atoms with van der Waals surface area (Å²) in [7, 11) is 4.26. The lowest BCUT2D eigenvalue weighted by molar-refractivity contribution is 0.112. The van der Waals surface area contributed by atoms with Gasteiger partial charge in [0.2, 0.25) is 0 Å². The lowest BCUT2D eigenvalue weighted by atomic mass is 10.0. The molecule has 1 aliphatic heterocycles. The molecule has 1 aromatic carbocycles. The number of carbonyl (C=O) groups is 1. The third kappa shape index (κ3) is 3.87. The number of benzene rings is 1. The molecule has 5 heteroatoms. The monoisotopic (exact) mass is 321 g/mol. The van der Waals surface area contributed by atoms with E-state index in [4.69, 9.17) is 16.6 Å². The second kappa shape index (κ2) is 7.75. The molecule has 22 heavy (non-hydrogen) atoms. The molecule has 0 unspecified atom stereocenters. The van der Waals surface area contributed by atoms with Crippen LogP contribution in [0.5, 0.6) is 0 Å². The van der Waals surface area contributed by atoms with Crippen molar-refractivity contribution >= 4 is 29.4 Å². The Kier molecular flexibility index (Phi) is 5.98. The maximum atomic E-state index is 11.3. The van der Waals surface area contributed by atoms with Crippen molar-refractivity contribution in [2.45, 2.75) is 32.2 Å². The van der Waals surface area contributed by atoms with Crippen molar-refractivity contribution in [2.24, 2.45) is 4.99 Å². The Labute approximate surface area is 137 Å². The standard InChI is InChI=1S/C17H24ClN3O/c1-4-17(21(3)13-8-10-20(2)11-9-13)19-16-7-5-6-15(18)14(16)12-22/h5-7,12-13H,4,8-11H2,1-3H3/b19-17-. The van der Waals surface area contributed by atoms with E-state index in [0.29, 0.717) is 22.3 Å². The molecule has 0 saturated carbocycles. The Balaban J connectivity index is 2.23. The maximum Gasteiger partial charge on any atom is 0.153 e. The summed E-state index contributed by atoms with van der Waals surface area (Å²) in [4.78, 5) is 20.6. The smallest absolute Gasteiger partial charge is 0.153 e. The van der Waals surface area contributed by atoms with Gasteiger partial charge in [0.1, 0.15) is 5.84 Å². The number of aliphatic imine (C=N–C) groups is 1. The van der Waals surface area contributed by atoms with Crippen LogP contribution in [-0.4, -0.2) is 55.1 Å². The quantitative estimate of drug-likeness (QED) is 0.483. The molecule has 0 aromatic heterocycles. The first-order valence-electron chi connectivity index (χ1n) is 7.79. The van der Waals surface area contributed by atoms with Crippen LogP contribution >= 0.6 is 11.6 Å². The van der Waals surface area contributed by atoms with Gasteiger partial charge in [-0.3, -0.25) is 4.79 Å². The van der Waals surface area contributed by atoms with Crippen molar-refractivity contribution in [1.29, 1.82) is 0 Å². The van der Waals surface area contributed by atoms with Gasteiger partial charge < -0.3 is 9.80 Å². The predicted molar refractivity (Wildman–Crippen MR) is 92.5 cm³/mol. The molecule has 0 N–H and O–H groups in total. The minimum absolute atomic E-state index is 0.452. The van der Waals surface area contributed by atoms with Crippen molar-refractivity contribution in [2.75, 3.05) is 27.2 Å². The normalized spacial score (nSPS) is 17.5. The first-order chi connectivity index (χ1) is 10.6. The van der Waals surface area contributed by atoms with Gasteiger partial charge in [0, 0.05) is 19.5 Å². The van der Waals surface area contributed by atoms with Crippen molar-refractivity contribution in [3.8, 4) is 0 Å². The molecular formula is C17H24ClN3O. The van der Waals surface area contributed by atoms with E-state index in [2.05, 4.69) is 30.8 Å². The van der Waals surface area contributed by atoms with E-state index < -0.39 is 0 Å². The Morgan fingerprint density at radius 1 is 1.45 bits per heavy atom. The van der Waals surface area contributed by atoms with E-state index in [-0.39, 0.29) is 0 Å². The van der Waals surface area contributed by atoms with Gasteiger partial charge in [-0.15, -0.1) is 0 Å². The van der Waals surface area contributed by atoms with Crippen LogP contribution in [0.25, 0.3) is 0 Å². The summed E-state index contributed by atoms with van der Waals surface area (Å²) in [5.41, 5.74) is 1.12. The molecular weight excluding hydrogens is 298 g/mol. The van der Waals surface area contributed by atoms with E-state index in [1.165, 1.54) is 0 Å². The average Bonchev–Trinajstić information content (AvgIpc) is 2.52. The number of nitrogens with zero attached hydrogens (tertiary/aromatic N) is 3. The third-order valence-electron chi connectivity index (χ3n) is 4.36. The summed E-state index contributed by atoms with van der Waals surface area (Å²) in [5, 5.41) is 0.452. The van der Waals surface area contributed by atoms with Crippen molar-refractivity contribution < 1.29 is 4.79 Å². The number of amidine groups is 1. The lowest BCUT2D eigenvalue weighted by Gasteiger charge is -2.36. The number of hydrogen-bond donors (Lipinski definition) is 0. The molecule has 1 heterocycles. The number of carbonyl (C=O) groups excluding carboxylic acids is 1. The van der Waals surface area contributed by atoms with Gasteiger partial charge in [-0.2, -0.15) is 0 Å². The summed E-state index contributed by atoms with van der Waals surface area (Å²) >= 11 is 6.08. The zero-order chi connectivity index (χ0) is 16.1. The van der Waals surface area contributed by atoms with Crippen LogP contribution in [0.4, 0.5) is 5.69 Å². The number of halogens is 1. The highest BCUT2D eigenvalue weighted by Crippen LogP contribution is 2.26. The Morgan fingerprint density at radius 3 is 2.73 bits per heavy atom. The summed E-state index contributed by atoms with van der Waals surface area (Å²) in [5.74, 6) is 1.000. The van der Waals surface area contributed by atoms with Crippen molar-refractivity contribution in [3.63, 3.8) is 0 Å². The summed E-state index contributed by atoms with van der Waals surface area (Å²) in [6.07, 6.45) is 3.89. The molecule has 0 atom stereocenters. The molecule has 1 fully saturated rings. The van der Waals surface area contributed by atoms with E-state index in [1.54, 1.807) is 6.07 Å². The minimum atomic E-state index is 0.452. The topological polar surface area (TPSA) is 35.9 Å². The SMILES string of the molecule is CC/C(=N/c1cccc(Cl)c1C=O)N(C)C1CCN(C)CC1. The van der Waals surface area contributed by atoms with Crippen molar-refractivity contribution in [3.05, 3.63) is 28.8 Å². The van der Waals surface area contributed by atoms with Crippen LogP contribution in [0.15, 0.2) is 23.2 Å². The molecule has 0 spiro atoms. The number of hydrogen-bond acceptors (Lipinski definition) is 3. The maximum absolute atomic E-state index is 11.3. The van der Waals surface area contributed by atoms with Crippen molar-refractivity contribution in [1.82, 2.24) is 9.80 Å². The number of piperidine rings is 1. The van der Waals surface area contributed by atoms with E-state index in [1.807, 2.05) is 12.1 Å². The van der Waals surface area contributed by atoms with Gasteiger partial charge in [-0.1, -0.05) is 24.6 Å². The number of likely N-dealkylation sites (tertiary alicyclic amines) is 1. The minimum Gasteiger partial charge on any atom is -0.360 e. The van der Waals surface area contributed by atoms with Gasteiger partial charge in [0.15, 0.2) is 6.29 Å². The van der Waals surface area contributed by atoms with E-state index in [9.17, 15) is 4.79 Å². The fourth-order valence-electron chi connectivity index (χ4n) is 2.88. The van der Waals surface area contributed by atoms with Gasteiger partial charge >= 0.3 is 0 Å². The van der Waals surface area contributed by atoms with E-state index >= 15 is 0 Å². The molecule has 0 amide bonds. The summed E-state index contributed by atoms with van der Waals surface area (Å²) in [6, 6.07) is 5.90. The highest BCUT2D eigenvalue weighted by molar-refractivity contribution is 6.33. The summed E-state index contributed by atoms with van der Waals surface area (Å²) < 4.78 is 0. The lowest BCUT2D eigenvalue weighted by Crippen LogP contribution is -2.44. The molecule has 2 rings (SSSR count). The Morgan fingerprint density at radius 2 is 2.14 bits per heavy atom. The first kappa shape index (κ1) is 17.0. The highest BCUT2D eigenvalue weighted by Gasteiger charge is 2.22. The molecule has 0 radical (unpaired) electrons. The molecule has 120 valence electrons. The molecule has 1 saturated heterocycles. The predicted octanol–water partition coefficient (Wildman–Crippen LogP) is 3.62. The van der Waals surface area contributed by atoms with Crippen LogP contribution in [0.2, 0.25) is 5.02 Å². The fraction of sp³-hybridized carbons (Fsp3) is 0.529. The summed E-state index contributed by atoms with van der Waals surface area (Å²) in [6.45, 7) is 4.32. The second-order valence-electron chi connectivity index (χ2n) is 5.82. The van der Waals surface area contributed by atoms with E-state index in [0.717, 1.165) is 44.5 Å².